The quantitative estimate of drug-likeness (QED) is 0.566. The minimum absolute atomic E-state index is 0.240. The van der Waals surface area contributed by atoms with Gasteiger partial charge in [-0.05, 0) is 41.5 Å². The van der Waals surface area contributed by atoms with Gasteiger partial charge in [0.2, 0.25) is 0 Å². The van der Waals surface area contributed by atoms with Gasteiger partial charge in [0.1, 0.15) is 13.1 Å². The molecule has 0 saturated carbocycles. The molecule has 0 atom stereocenters. The van der Waals surface area contributed by atoms with Crippen LogP contribution in [0.1, 0.15) is 41.5 Å². The topological polar surface area (TPSA) is 15.0 Å². The Morgan fingerprint density at radius 2 is 1.62 bits per heavy atom. The Balaban J connectivity index is 3.04. The van der Waals surface area contributed by atoms with E-state index in [1.54, 1.807) is 0 Å². The van der Waals surface area contributed by atoms with Gasteiger partial charge >= 0.3 is 0 Å². The molecule has 2 heteroatoms. The van der Waals surface area contributed by atoms with E-state index in [1.165, 1.54) is 5.84 Å². The maximum Gasteiger partial charge on any atom is 0.250 e. The van der Waals surface area contributed by atoms with Crippen molar-refractivity contribution in [3.8, 4) is 0 Å². The van der Waals surface area contributed by atoms with Crippen LogP contribution in [0.4, 0.5) is 0 Å². The highest BCUT2D eigenvalue weighted by Crippen LogP contribution is 2.20. The SMILES string of the molecule is CC(C)(C)C1=[N+](C(C)(C)C)CCN1. The molecule has 0 aliphatic carbocycles. The number of nitrogens with one attached hydrogen (secondary N) is 1. The van der Waals surface area contributed by atoms with Crippen molar-refractivity contribution in [2.75, 3.05) is 13.1 Å². The number of rotatable bonds is 0. The van der Waals surface area contributed by atoms with E-state index in [9.17, 15) is 0 Å². The summed E-state index contributed by atoms with van der Waals surface area (Å²) >= 11 is 0. The van der Waals surface area contributed by atoms with E-state index in [2.05, 4.69) is 51.4 Å². The second-order valence-electron chi connectivity index (χ2n) is 5.85. The Morgan fingerprint density at radius 3 is 1.92 bits per heavy atom. The van der Waals surface area contributed by atoms with Crippen molar-refractivity contribution < 1.29 is 4.58 Å². The molecule has 0 unspecified atom stereocenters. The van der Waals surface area contributed by atoms with Crippen LogP contribution < -0.4 is 5.32 Å². The molecule has 0 fully saturated rings. The van der Waals surface area contributed by atoms with E-state index in [0.717, 1.165) is 13.1 Å². The van der Waals surface area contributed by atoms with Gasteiger partial charge in [-0.25, -0.2) is 0 Å². The largest absolute Gasteiger partial charge is 0.274 e. The second kappa shape index (κ2) is 3.00. The van der Waals surface area contributed by atoms with Gasteiger partial charge in [0.25, 0.3) is 5.84 Å². The van der Waals surface area contributed by atoms with Crippen molar-refractivity contribution in [2.45, 2.75) is 47.1 Å². The van der Waals surface area contributed by atoms with E-state index in [0.29, 0.717) is 0 Å². The van der Waals surface area contributed by atoms with Crippen molar-refractivity contribution in [2.24, 2.45) is 5.41 Å². The summed E-state index contributed by atoms with van der Waals surface area (Å²) in [5.41, 5.74) is 0.482. The molecule has 0 aromatic carbocycles. The standard InChI is InChI=1S/C11H22N2/c1-10(2,3)9-12-7-8-13(9)11(4,5)6/h7-8H2,1-6H3/p+1. The van der Waals surface area contributed by atoms with Crippen LogP contribution in [0.3, 0.4) is 0 Å². The monoisotopic (exact) mass is 183 g/mol. The maximum absolute atomic E-state index is 3.50. The van der Waals surface area contributed by atoms with Crippen LogP contribution in [0.25, 0.3) is 0 Å². The van der Waals surface area contributed by atoms with Crippen LogP contribution in [-0.2, 0) is 0 Å². The predicted octanol–water partition coefficient (Wildman–Crippen LogP) is 1.85. The number of amidine groups is 1. The maximum atomic E-state index is 3.50. The molecule has 1 heterocycles. The van der Waals surface area contributed by atoms with Gasteiger partial charge in [0.15, 0.2) is 0 Å². The zero-order valence-electron chi connectivity index (χ0n) is 9.86. The van der Waals surface area contributed by atoms with Crippen molar-refractivity contribution in [3.05, 3.63) is 0 Å². The number of nitrogens with zero attached hydrogens (tertiary/aromatic N) is 1. The molecule has 13 heavy (non-hydrogen) atoms. The molecule has 0 aromatic heterocycles. The minimum atomic E-state index is 0.240. The van der Waals surface area contributed by atoms with Crippen LogP contribution in [-0.4, -0.2) is 29.0 Å². The van der Waals surface area contributed by atoms with E-state index >= 15 is 0 Å². The fourth-order valence-corrected chi connectivity index (χ4v) is 1.83. The summed E-state index contributed by atoms with van der Waals surface area (Å²) < 4.78 is 2.48. The van der Waals surface area contributed by atoms with Crippen molar-refractivity contribution in [3.63, 3.8) is 0 Å². The highest BCUT2D eigenvalue weighted by atomic mass is 15.2. The van der Waals surface area contributed by atoms with Gasteiger partial charge in [0, 0.05) is 0 Å². The van der Waals surface area contributed by atoms with Crippen molar-refractivity contribution >= 4 is 5.84 Å². The summed E-state index contributed by atoms with van der Waals surface area (Å²) in [5, 5.41) is 3.50. The van der Waals surface area contributed by atoms with E-state index in [1.807, 2.05) is 0 Å². The number of hydrogen-bond donors (Lipinski definition) is 1. The molecule has 0 radical (unpaired) electrons. The van der Waals surface area contributed by atoms with Crippen LogP contribution >= 0.6 is 0 Å². The summed E-state index contributed by atoms with van der Waals surface area (Å²) in [4.78, 5) is 0. The third kappa shape index (κ3) is 2.23. The molecule has 0 bridgehead atoms. The van der Waals surface area contributed by atoms with Gasteiger partial charge in [-0.3, -0.25) is 9.89 Å². The molecule has 1 rings (SSSR count). The minimum Gasteiger partial charge on any atom is -0.274 e. The summed E-state index contributed by atoms with van der Waals surface area (Å²) in [5.74, 6) is 1.39. The summed E-state index contributed by atoms with van der Waals surface area (Å²) in [7, 11) is 0. The first-order chi connectivity index (χ1) is 5.73. The van der Waals surface area contributed by atoms with Gasteiger partial charge in [0.05, 0.1) is 11.0 Å². The lowest BCUT2D eigenvalue weighted by Crippen LogP contribution is -2.42. The molecular weight excluding hydrogens is 160 g/mol. The summed E-state index contributed by atoms with van der Waals surface area (Å²) in [6, 6.07) is 0. The van der Waals surface area contributed by atoms with Crippen molar-refractivity contribution in [1.82, 2.24) is 5.32 Å². The molecule has 1 N–H and O–H groups in total. The molecule has 1 aliphatic rings. The predicted molar refractivity (Wildman–Crippen MR) is 57.3 cm³/mol. The van der Waals surface area contributed by atoms with Gasteiger partial charge < -0.3 is 0 Å². The van der Waals surface area contributed by atoms with Crippen LogP contribution in [0.2, 0.25) is 0 Å². The first-order valence-electron chi connectivity index (χ1n) is 5.12. The molecule has 0 saturated heterocycles. The van der Waals surface area contributed by atoms with E-state index in [-0.39, 0.29) is 11.0 Å². The molecule has 2 nitrogen and oxygen atoms in total. The first kappa shape index (κ1) is 10.6. The van der Waals surface area contributed by atoms with Crippen LogP contribution in [0.15, 0.2) is 0 Å². The second-order valence-corrected chi connectivity index (χ2v) is 5.85. The van der Waals surface area contributed by atoms with Crippen LogP contribution in [0, 0.1) is 5.41 Å². The first-order valence-corrected chi connectivity index (χ1v) is 5.12. The molecule has 1 aliphatic heterocycles. The Labute approximate surface area is 82.0 Å². The van der Waals surface area contributed by atoms with E-state index < -0.39 is 0 Å². The summed E-state index contributed by atoms with van der Waals surface area (Å²) in [6.07, 6.45) is 0. The van der Waals surface area contributed by atoms with E-state index in [4.69, 9.17) is 0 Å². The molecule has 0 amide bonds. The Morgan fingerprint density at radius 1 is 1.08 bits per heavy atom. The lowest BCUT2D eigenvalue weighted by Gasteiger charge is -2.24. The zero-order valence-corrected chi connectivity index (χ0v) is 9.86. The lowest BCUT2D eigenvalue weighted by molar-refractivity contribution is -0.591. The fourth-order valence-electron chi connectivity index (χ4n) is 1.83. The van der Waals surface area contributed by atoms with Gasteiger partial charge in [-0.15, -0.1) is 0 Å². The van der Waals surface area contributed by atoms with Gasteiger partial charge in [-0.2, -0.15) is 0 Å². The smallest absolute Gasteiger partial charge is 0.250 e. The fraction of sp³-hybridized carbons (Fsp3) is 0.909. The Bertz CT molecular complexity index is 201. The molecule has 76 valence electrons. The summed E-state index contributed by atoms with van der Waals surface area (Å²) in [6.45, 7) is 15.8. The molecule has 0 spiro atoms. The van der Waals surface area contributed by atoms with Crippen LogP contribution in [0.5, 0.6) is 0 Å². The van der Waals surface area contributed by atoms with Gasteiger partial charge in [-0.1, -0.05) is 0 Å². The Hall–Kier alpha value is -0.530. The third-order valence-electron chi connectivity index (χ3n) is 2.42. The molecule has 0 aromatic rings. The average Bonchev–Trinajstić information content (AvgIpc) is 2.27. The molecular formula is C11H23N2+. The van der Waals surface area contributed by atoms with Crippen molar-refractivity contribution in [1.29, 1.82) is 0 Å². The number of hydrogen-bond acceptors (Lipinski definition) is 1. The Kier molecular flexibility index (Phi) is 2.44. The third-order valence-corrected chi connectivity index (χ3v) is 2.42. The normalized spacial score (nSPS) is 19.2. The average molecular weight is 183 g/mol. The zero-order chi connectivity index (χ0) is 10.3. The highest BCUT2D eigenvalue weighted by molar-refractivity contribution is 5.83. The lowest BCUT2D eigenvalue weighted by atomic mass is 9.93. The highest BCUT2D eigenvalue weighted by Gasteiger charge is 2.36.